The zero-order valence-electron chi connectivity index (χ0n) is 12.1. The third kappa shape index (κ3) is 3.33. The average Bonchev–Trinajstić information content (AvgIpc) is 2.41. The number of benzene rings is 1. The summed E-state index contributed by atoms with van der Waals surface area (Å²) in [5.41, 5.74) is 0.446. The van der Waals surface area contributed by atoms with Gasteiger partial charge in [-0.15, -0.1) is 0 Å². The highest BCUT2D eigenvalue weighted by Gasteiger charge is 2.38. The van der Waals surface area contributed by atoms with Crippen LogP contribution in [0.1, 0.15) is 32.3 Å². The van der Waals surface area contributed by atoms with Crippen molar-refractivity contribution < 1.29 is 9.90 Å². The molecule has 1 unspecified atom stereocenters. The van der Waals surface area contributed by atoms with Gasteiger partial charge in [0.15, 0.2) is 0 Å². The molecule has 1 aromatic rings. The quantitative estimate of drug-likeness (QED) is 0.921. The van der Waals surface area contributed by atoms with Crippen LogP contribution in [-0.2, 0) is 11.3 Å². The van der Waals surface area contributed by atoms with Gasteiger partial charge in [0.1, 0.15) is 0 Å². The molecule has 0 spiro atoms. The largest absolute Gasteiger partial charge is 0.481 e. The lowest BCUT2D eigenvalue weighted by molar-refractivity contribution is -0.151. The molecule has 0 amide bonds. The minimum atomic E-state index is -0.706. The van der Waals surface area contributed by atoms with Gasteiger partial charge in [0.05, 0.1) is 5.41 Å². The van der Waals surface area contributed by atoms with Crippen molar-refractivity contribution in [3.8, 4) is 0 Å². The van der Waals surface area contributed by atoms with E-state index in [-0.39, 0.29) is 5.92 Å². The van der Waals surface area contributed by atoms with E-state index in [4.69, 9.17) is 11.6 Å². The van der Waals surface area contributed by atoms with Crippen LogP contribution in [-0.4, -0.2) is 29.1 Å². The number of halogens is 1. The Morgan fingerprint density at radius 2 is 2.15 bits per heavy atom. The van der Waals surface area contributed by atoms with E-state index in [0.29, 0.717) is 0 Å². The van der Waals surface area contributed by atoms with Crippen molar-refractivity contribution in [1.82, 2.24) is 4.90 Å². The molecule has 0 saturated carbocycles. The number of carbonyl (C=O) groups is 1. The predicted molar refractivity (Wildman–Crippen MR) is 80.9 cm³/mol. The molecule has 1 aliphatic heterocycles. The molecule has 3 nitrogen and oxygen atoms in total. The van der Waals surface area contributed by atoms with Crippen LogP contribution in [0.5, 0.6) is 0 Å². The molecule has 1 saturated heterocycles. The zero-order valence-corrected chi connectivity index (χ0v) is 12.9. The van der Waals surface area contributed by atoms with Gasteiger partial charge in [-0.2, -0.15) is 0 Å². The molecule has 1 atom stereocenters. The van der Waals surface area contributed by atoms with Crippen LogP contribution in [0, 0.1) is 11.3 Å². The Balaban J connectivity index is 2.04. The third-order valence-electron chi connectivity index (χ3n) is 4.43. The molecule has 20 heavy (non-hydrogen) atoms. The van der Waals surface area contributed by atoms with Crippen molar-refractivity contribution in [1.29, 1.82) is 0 Å². The molecular weight excluding hydrogens is 274 g/mol. The van der Waals surface area contributed by atoms with E-state index in [1.807, 2.05) is 38.1 Å². The number of nitrogens with zero attached hydrogens (tertiary/aromatic N) is 1. The fourth-order valence-corrected chi connectivity index (χ4v) is 3.03. The summed E-state index contributed by atoms with van der Waals surface area (Å²) in [4.78, 5) is 13.7. The summed E-state index contributed by atoms with van der Waals surface area (Å²) in [7, 11) is 0. The fraction of sp³-hybridized carbons (Fsp3) is 0.562. The van der Waals surface area contributed by atoms with Gasteiger partial charge in [0.2, 0.25) is 0 Å². The Morgan fingerprint density at radius 1 is 1.45 bits per heavy atom. The number of carboxylic acids is 1. The molecule has 4 heteroatoms. The zero-order chi connectivity index (χ0) is 14.8. The second-order valence-electron chi connectivity index (χ2n) is 6.19. The summed E-state index contributed by atoms with van der Waals surface area (Å²) in [6.45, 7) is 6.30. The maximum absolute atomic E-state index is 11.4. The molecule has 2 rings (SSSR count). The van der Waals surface area contributed by atoms with Crippen LogP contribution in [0.2, 0.25) is 5.02 Å². The van der Waals surface area contributed by atoms with Gasteiger partial charge >= 0.3 is 5.97 Å². The Labute approximate surface area is 125 Å². The molecule has 0 aromatic heterocycles. The summed E-state index contributed by atoms with van der Waals surface area (Å²) in [6.07, 6.45) is 2.03. The first kappa shape index (κ1) is 15.3. The monoisotopic (exact) mass is 295 g/mol. The van der Waals surface area contributed by atoms with E-state index in [1.165, 1.54) is 0 Å². The number of likely N-dealkylation sites (tertiary alicyclic amines) is 1. The Kier molecular flexibility index (Phi) is 4.71. The lowest BCUT2D eigenvalue weighted by Gasteiger charge is -2.39. The summed E-state index contributed by atoms with van der Waals surface area (Å²) in [5, 5.41) is 10.2. The highest BCUT2D eigenvalue weighted by atomic mass is 35.5. The number of hydrogen-bond donors (Lipinski definition) is 1. The van der Waals surface area contributed by atoms with Gasteiger partial charge < -0.3 is 5.11 Å². The summed E-state index contributed by atoms with van der Waals surface area (Å²) in [6, 6.07) is 7.86. The molecule has 1 aliphatic rings. The summed E-state index contributed by atoms with van der Waals surface area (Å²) < 4.78 is 0. The standard InChI is InChI=1S/C16H22ClNO2/c1-16(2,15(19)20)13-7-5-9-18(11-13)10-12-6-3-4-8-14(12)17/h3-4,6,8,13H,5,7,9-11H2,1-2H3,(H,19,20). The average molecular weight is 296 g/mol. The Hall–Kier alpha value is -1.06. The summed E-state index contributed by atoms with van der Waals surface area (Å²) >= 11 is 6.20. The molecule has 0 bridgehead atoms. The van der Waals surface area contributed by atoms with Gasteiger partial charge in [-0.25, -0.2) is 0 Å². The first-order valence-electron chi connectivity index (χ1n) is 7.10. The van der Waals surface area contributed by atoms with Gasteiger partial charge in [-0.3, -0.25) is 9.69 Å². The third-order valence-corrected chi connectivity index (χ3v) is 4.80. The molecule has 1 aromatic carbocycles. The molecule has 1 N–H and O–H groups in total. The van der Waals surface area contributed by atoms with Crippen molar-refractivity contribution in [2.75, 3.05) is 13.1 Å². The van der Waals surface area contributed by atoms with Crippen LogP contribution in [0.15, 0.2) is 24.3 Å². The minimum Gasteiger partial charge on any atom is -0.481 e. The van der Waals surface area contributed by atoms with Crippen LogP contribution < -0.4 is 0 Å². The van der Waals surface area contributed by atoms with Crippen molar-refractivity contribution in [2.24, 2.45) is 11.3 Å². The topological polar surface area (TPSA) is 40.5 Å². The lowest BCUT2D eigenvalue weighted by Crippen LogP contribution is -2.44. The molecule has 0 radical (unpaired) electrons. The lowest BCUT2D eigenvalue weighted by atomic mass is 9.74. The number of aliphatic carboxylic acids is 1. The highest BCUT2D eigenvalue weighted by molar-refractivity contribution is 6.31. The normalized spacial score (nSPS) is 20.9. The van der Waals surface area contributed by atoms with Crippen molar-refractivity contribution in [2.45, 2.75) is 33.2 Å². The first-order valence-corrected chi connectivity index (χ1v) is 7.48. The smallest absolute Gasteiger partial charge is 0.309 e. The summed E-state index contributed by atoms with van der Waals surface area (Å²) in [5.74, 6) is -0.515. The van der Waals surface area contributed by atoms with Crippen molar-refractivity contribution in [3.05, 3.63) is 34.9 Å². The number of rotatable bonds is 4. The van der Waals surface area contributed by atoms with E-state index >= 15 is 0 Å². The van der Waals surface area contributed by atoms with Crippen LogP contribution in [0.3, 0.4) is 0 Å². The van der Waals surface area contributed by atoms with E-state index < -0.39 is 11.4 Å². The van der Waals surface area contributed by atoms with Gasteiger partial charge in [-0.1, -0.05) is 29.8 Å². The van der Waals surface area contributed by atoms with Gasteiger partial charge in [-0.05, 0) is 50.8 Å². The van der Waals surface area contributed by atoms with Crippen LogP contribution in [0.4, 0.5) is 0 Å². The van der Waals surface area contributed by atoms with Crippen LogP contribution in [0.25, 0.3) is 0 Å². The maximum atomic E-state index is 11.4. The second-order valence-corrected chi connectivity index (χ2v) is 6.60. The first-order chi connectivity index (χ1) is 9.41. The molecular formula is C16H22ClNO2. The SMILES string of the molecule is CC(C)(C(=O)O)C1CCCN(Cc2ccccc2Cl)C1. The Bertz CT molecular complexity index is 487. The number of carboxylic acid groups (broad SMARTS) is 1. The van der Waals surface area contributed by atoms with Gasteiger partial charge in [0.25, 0.3) is 0 Å². The molecule has 1 fully saturated rings. The second kappa shape index (κ2) is 6.15. The fourth-order valence-electron chi connectivity index (χ4n) is 2.83. The minimum absolute atomic E-state index is 0.191. The van der Waals surface area contributed by atoms with E-state index in [2.05, 4.69) is 4.90 Å². The molecule has 1 heterocycles. The maximum Gasteiger partial charge on any atom is 0.309 e. The number of hydrogen-bond acceptors (Lipinski definition) is 2. The Morgan fingerprint density at radius 3 is 2.80 bits per heavy atom. The van der Waals surface area contributed by atoms with E-state index in [9.17, 15) is 9.90 Å². The van der Waals surface area contributed by atoms with Gasteiger partial charge in [0, 0.05) is 18.1 Å². The van der Waals surface area contributed by atoms with Crippen molar-refractivity contribution >= 4 is 17.6 Å². The molecule has 0 aliphatic carbocycles. The van der Waals surface area contributed by atoms with Crippen molar-refractivity contribution in [3.63, 3.8) is 0 Å². The van der Waals surface area contributed by atoms with Crippen LogP contribution >= 0.6 is 11.6 Å². The van der Waals surface area contributed by atoms with E-state index in [1.54, 1.807) is 0 Å². The number of piperidine rings is 1. The predicted octanol–water partition coefficient (Wildman–Crippen LogP) is 3.66. The van der Waals surface area contributed by atoms with E-state index in [0.717, 1.165) is 43.1 Å². The molecule has 110 valence electrons. The highest BCUT2D eigenvalue weighted by Crippen LogP contribution is 2.34.